The van der Waals surface area contributed by atoms with Gasteiger partial charge in [0.2, 0.25) is 0 Å². The molecule has 0 bridgehead atoms. The van der Waals surface area contributed by atoms with Crippen molar-refractivity contribution in [3.63, 3.8) is 0 Å². The topological polar surface area (TPSA) is 29.3 Å². The molecule has 1 fully saturated rings. The zero-order valence-corrected chi connectivity index (χ0v) is 11.0. The molecule has 0 aliphatic carbocycles. The molecule has 1 heterocycles. The summed E-state index contributed by atoms with van der Waals surface area (Å²) in [5.41, 5.74) is 7.18. The molecular formula is C12H18Cl2N2. The number of hydrogen-bond acceptors (Lipinski definition) is 2. The lowest BCUT2D eigenvalue weighted by molar-refractivity contribution is 0.260. The molecule has 2 rings (SSSR count). The first-order chi connectivity index (χ1) is 7.16. The highest BCUT2D eigenvalue weighted by atomic mass is 35.5. The van der Waals surface area contributed by atoms with Gasteiger partial charge in [-0.2, -0.15) is 0 Å². The summed E-state index contributed by atoms with van der Waals surface area (Å²) in [6, 6.07) is 8.83. The lowest BCUT2D eigenvalue weighted by atomic mass is 10.1. The Bertz CT molecular complexity index is 344. The van der Waals surface area contributed by atoms with E-state index in [9.17, 15) is 0 Å². The highest BCUT2D eigenvalue weighted by molar-refractivity contribution is 6.30. The Balaban J connectivity index is 0.00000128. The van der Waals surface area contributed by atoms with Crippen molar-refractivity contribution in [2.24, 2.45) is 5.73 Å². The molecule has 1 aliphatic heterocycles. The molecule has 2 nitrogen and oxygen atoms in total. The van der Waals surface area contributed by atoms with Gasteiger partial charge < -0.3 is 5.73 Å². The molecule has 4 heteroatoms. The van der Waals surface area contributed by atoms with Gasteiger partial charge in [0.1, 0.15) is 0 Å². The van der Waals surface area contributed by atoms with Crippen LogP contribution in [0.3, 0.4) is 0 Å². The molecule has 2 N–H and O–H groups in total. The van der Waals surface area contributed by atoms with Gasteiger partial charge in [-0.25, -0.2) is 0 Å². The van der Waals surface area contributed by atoms with Gasteiger partial charge in [0.15, 0.2) is 0 Å². The number of likely N-dealkylation sites (tertiary alicyclic amines) is 1. The van der Waals surface area contributed by atoms with Gasteiger partial charge in [-0.05, 0) is 31.0 Å². The summed E-state index contributed by atoms with van der Waals surface area (Å²) in [4.78, 5) is 2.41. The molecule has 90 valence electrons. The zero-order chi connectivity index (χ0) is 10.8. The summed E-state index contributed by atoms with van der Waals surface area (Å²) < 4.78 is 0. The van der Waals surface area contributed by atoms with Crippen LogP contribution in [0.15, 0.2) is 24.3 Å². The van der Waals surface area contributed by atoms with Crippen LogP contribution in [0.1, 0.15) is 24.9 Å². The number of rotatable bonds is 2. The van der Waals surface area contributed by atoms with E-state index in [1.807, 2.05) is 18.2 Å². The highest BCUT2D eigenvalue weighted by Gasteiger charge is 2.24. The van der Waals surface area contributed by atoms with Gasteiger partial charge in [-0.3, -0.25) is 4.90 Å². The molecule has 1 aromatic carbocycles. The van der Waals surface area contributed by atoms with E-state index in [1.54, 1.807) is 0 Å². The fourth-order valence-corrected chi connectivity index (χ4v) is 2.34. The fraction of sp³-hybridized carbons (Fsp3) is 0.500. The van der Waals surface area contributed by atoms with E-state index in [4.69, 9.17) is 17.3 Å². The summed E-state index contributed by atoms with van der Waals surface area (Å²) in [6.07, 6.45) is 1.10. The molecule has 1 aliphatic rings. The first-order valence-electron chi connectivity index (χ1n) is 5.42. The van der Waals surface area contributed by atoms with Gasteiger partial charge >= 0.3 is 0 Å². The van der Waals surface area contributed by atoms with Crippen LogP contribution in [0.4, 0.5) is 0 Å². The standard InChI is InChI=1S/C12H17ClN2.ClH/c1-9(15-6-5-12(14)8-15)10-3-2-4-11(13)7-10;/h2-4,7,9,12H,5-6,8,14H2,1H3;1H/t9?,12-;/m1./s1. The van der Waals surface area contributed by atoms with Crippen LogP contribution in [-0.4, -0.2) is 24.0 Å². The maximum atomic E-state index is 5.98. The Morgan fingerprint density at radius 1 is 1.50 bits per heavy atom. The van der Waals surface area contributed by atoms with E-state index in [-0.39, 0.29) is 12.4 Å². The minimum atomic E-state index is 0. The molecule has 16 heavy (non-hydrogen) atoms. The van der Waals surface area contributed by atoms with E-state index in [2.05, 4.69) is 17.9 Å². The lowest BCUT2D eigenvalue weighted by Gasteiger charge is -2.24. The first kappa shape index (κ1) is 13.8. The molecule has 0 saturated carbocycles. The van der Waals surface area contributed by atoms with Crippen LogP contribution < -0.4 is 5.73 Å². The van der Waals surface area contributed by atoms with E-state index >= 15 is 0 Å². The smallest absolute Gasteiger partial charge is 0.0409 e. The molecule has 0 aromatic heterocycles. The van der Waals surface area contributed by atoms with Crippen molar-refractivity contribution in [1.82, 2.24) is 4.90 Å². The zero-order valence-electron chi connectivity index (χ0n) is 9.40. The van der Waals surface area contributed by atoms with E-state index in [0.29, 0.717) is 12.1 Å². The second-order valence-electron chi connectivity index (χ2n) is 4.27. The van der Waals surface area contributed by atoms with Crippen LogP contribution >= 0.6 is 24.0 Å². The number of hydrogen-bond donors (Lipinski definition) is 1. The Morgan fingerprint density at radius 3 is 2.81 bits per heavy atom. The summed E-state index contributed by atoms with van der Waals surface area (Å²) in [5.74, 6) is 0. The second-order valence-corrected chi connectivity index (χ2v) is 4.71. The maximum absolute atomic E-state index is 5.98. The molecule has 0 radical (unpaired) electrons. The summed E-state index contributed by atoms with van der Waals surface area (Å²) in [6.45, 7) is 4.30. The van der Waals surface area contributed by atoms with Crippen molar-refractivity contribution >= 4 is 24.0 Å². The predicted octanol–water partition coefficient (Wildman–Crippen LogP) is 2.86. The van der Waals surface area contributed by atoms with Crippen molar-refractivity contribution < 1.29 is 0 Å². The van der Waals surface area contributed by atoms with Crippen molar-refractivity contribution in [3.05, 3.63) is 34.9 Å². The van der Waals surface area contributed by atoms with Crippen molar-refractivity contribution in [2.75, 3.05) is 13.1 Å². The molecule has 1 unspecified atom stereocenters. The monoisotopic (exact) mass is 260 g/mol. The van der Waals surface area contributed by atoms with Gasteiger partial charge in [-0.1, -0.05) is 23.7 Å². The Kier molecular flexibility index (Phi) is 5.06. The third-order valence-corrected chi connectivity index (χ3v) is 3.37. The van der Waals surface area contributed by atoms with Crippen molar-refractivity contribution in [2.45, 2.75) is 25.4 Å². The summed E-state index contributed by atoms with van der Waals surface area (Å²) in [5, 5.41) is 0.808. The van der Waals surface area contributed by atoms with Gasteiger partial charge in [-0.15, -0.1) is 12.4 Å². The van der Waals surface area contributed by atoms with Crippen molar-refractivity contribution in [1.29, 1.82) is 0 Å². The first-order valence-corrected chi connectivity index (χ1v) is 5.79. The molecule has 2 atom stereocenters. The van der Waals surface area contributed by atoms with Gasteiger partial charge in [0, 0.05) is 30.2 Å². The third-order valence-electron chi connectivity index (χ3n) is 3.13. The highest BCUT2D eigenvalue weighted by Crippen LogP contribution is 2.25. The molecule has 1 saturated heterocycles. The number of benzene rings is 1. The van der Waals surface area contributed by atoms with E-state index in [1.165, 1.54) is 5.56 Å². The fourth-order valence-electron chi connectivity index (χ4n) is 2.14. The SMILES string of the molecule is CC(c1cccc(Cl)c1)N1CC[C@@H](N)C1.Cl. The largest absolute Gasteiger partial charge is 0.326 e. The van der Waals surface area contributed by atoms with Crippen LogP contribution in [0.2, 0.25) is 5.02 Å². The van der Waals surface area contributed by atoms with Crippen LogP contribution in [0.25, 0.3) is 0 Å². The summed E-state index contributed by atoms with van der Waals surface area (Å²) >= 11 is 5.98. The van der Waals surface area contributed by atoms with Crippen molar-refractivity contribution in [3.8, 4) is 0 Å². The maximum Gasteiger partial charge on any atom is 0.0409 e. The average molecular weight is 261 g/mol. The Hall–Kier alpha value is -0.280. The molecule has 0 amide bonds. The van der Waals surface area contributed by atoms with Gasteiger partial charge in [0.05, 0.1) is 0 Å². The normalized spacial score (nSPS) is 22.8. The Morgan fingerprint density at radius 2 is 2.25 bits per heavy atom. The number of halogens is 2. The quantitative estimate of drug-likeness (QED) is 0.887. The third kappa shape index (κ3) is 3.11. The molecular weight excluding hydrogens is 243 g/mol. The minimum Gasteiger partial charge on any atom is -0.326 e. The predicted molar refractivity (Wildman–Crippen MR) is 71.3 cm³/mol. The summed E-state index contributed by atoms with van der Waals surface area (Å²) in [7, 11) is 0. The van der Waals surface area contributed by atoms with Crippen LogP contribution in [-0.2, 0) is 0 Å². The van der Waals surface area contributed by atoms with E-state index < -0.39 is 0 Å². The number of nitrogens with two attached hydrogens (primary N) is 1. The average Bonchev–Trinajstić information content (AvgIpc) is 2.64. The number of nitrogens with zero attached hydrogens (tertiary/aromatic N) is 1. The molecule has 0 spiro atoms. The van der Waals surface area contributed by atoms with Crippen LogP contribution in [0.5, 0.6) is 0 Å². The van der Waals surface area contributed by atoms with Crippen LogP contribution in [0, 0.1) is 0 Å². The second kappa shape index (κ2) is 5.87. The molecule has 1 aromatic rings. The lowest BCUT2D eigenvalue weighted by Crippen LogP contribution is -2.28. The van der Waals surface area contributed by atoms with E-state index in [0.717, 1.165) is 24.5 Å². The Labute approximate surface area is 108 Å². The minimum absolute atomic E-state index is 0. The van der Waals surface area contributed by atoms with Gasteiger partial charge in [0.25, 0.3) is 0 Å².